The van der Waals surface area contributed by atoms with E-state index in [0.29, 0.717) is 29.7 Å². The minimum atomic E-state index is -4.62. The van der Waals surface area contributed by atoms with E-state index >= 15 is 0 Å². The largest absolute Gasteiger partial charge is 0.428 e. The normalized spacial score (nSPS) is 16.9. The highest BCUT2D eigenvalue weighted by molar-refractivity contribution is 6.00. The molecule has 0 spiro atoms. The third kappa shape index (κ3) is 6.02. The van der Waals surface area contributed by atoms with Crippen LogP contribution in [0.3, 0.4) is 0 Å². The van der Waals surface area contributed by atoms with Gasteiger partial charge in [0.25, 0.3) is 6.47 Å². The number of carbonyl (C=O) groups excluding carboxylic acids is 1. The topological polar surface area (TPSA) is 89.5 Å². The van der Waals surface area contributed by atoms with Gasteiger partial charge in [-0.1, -0.05) is 0 Å². The number of rotatable bonds is 9. The van der Waals surface area contributed by atoms with Crippen LogP contribution in [0.2, 0.25) is 0 Å². The van der Waals surface area contributed by atoms with Gasteiger partial charge in [0.05, 0.1) is 12.2 Å². The predicted octanol–water partition coefficient (Wildman–Crippen LogP) is 4.36. The van der Waals surface area contributed by atoms with Gasteiger partial charge in [-0.15, -0.1) is 10.2 Å². The van der Waals surface area contributed by atoms with Crippen LogP contribution in [-0.4, -0.2) is 65.4 Å². The lowest BCUT2D eigenvalue weighted by Gasteiger charge is -2.33. The summed E-state index contributed by atoms with van der Waals surface area (Å²) in [6.07, 6.45) is 0.0915. The zero-order chi connectivity index (χ0) is 25.7. The lowest BCUT2D eigenvalue weighted by atomic mass is 10.0. The summed E-state index contributed by atoms with van der Waals surface area (Å²) < 4.78 is 73.2. The summed E-state index contributed by atoms with van der Waals surface area (Å²) in [6.45, 7) is -1.14. The molecule has 1 saturated heterocycles. The van der Waals surface area contributed by atoms with Crippen LogP contribution in [-0.2, 0) is 15.7 Å². The second kappa shape index (κ2) is 11.1. The molecule has 1 aromatic carbocycles. The van der Waals surface area contributed by atoms with E-state index in [1.54, 1.807) is 12.3 Å². The average molecular weight is 511 g/mol. The SMILES string of the molecule is O=COc1cc(C(F)(F)F)ccc1-c1nnc(N[C@@H]2CCCN(CCOC(F)F)C2)c2cnccc12. The van der Waals surface area contributed by atoms with Crippen molar-refractivity contribution in [2.75, 3.05) is 31.6 Å². The Hall–Kier alpha value is -3.45. The Morgan fingerprint density at radius 2 is 2.03 bits per heavy atom. The highest BCUT2D eigenvalue weighted by Gasteiger charge is 2.32. The number of hydrogen-bond acceptors (Lipinski definition) is 8. The van der Waals surface area contributed by atoms with Crippen molar-refractivity contribution >= 4 is 23.1 Å². The van der Waals surface area contributed by atoms with Gasteiger partial charge in [0.15, 0.2) is 5.82 Å². The van der Waals surface area contributed by atoms with Gasteiger partial charge in [0.1, 0.15) is 11.4 Å². The Bertz CT molecular complexity index is 1210. The van der Waals surface area contributed by atoms with Crippen molar-refractivity contribution in [2.24, 2.45) is 0 Å². The molecule has 2 aromatic heterocycles. The van der Waals surface area contributed by atoms with Gasteiger partial charge in [-0.3, -0.25) is 14.7 Å². The number of fused-ring (bicyclic) bond motifs is 1. The Labute approximate surface area is 202 Å². The third-order valence-electron chi connectivity index (χ3n) is 5.82. The molecule has 0 bridgehead atoms. The van der Waals surface area contributed by atoms with Crippen LogP contribution in [0, 0.1) is 0 Å². The first-order chi connectivity index (χ1) is 17.3. The molecular formula is C23H22F5N5O3. The van der Waals surface area contributed by atoms with E-state index in [0.717, 1.165) is 31.5 Å². The summed E-state index contributed by atoms with van der Waals surface area (Å²) in [5, 5.41) is 12.9. The van der Waals surface area contributed by atoms with Crippen LogP contribution in [0.15, 0.2) is 36.7 Å². The van der Waals surface area contributed by atoms with Crippen LogP contribution in [0.5, 0.6) is 5.75 Å². The maximum Gasteiger partial charge on any atom is 0.416 e. The number of pyridine rings is 1. The molecule has 0 amide bonds. The summed E-state index contributed by atoms with van der Waals surface area (Å²) >= 11 is 0. The lowest BCUT2D eigenvalue weighted by molar-refractivity contribution is -0.138. The second-order valence-electron chi connectivity index (χ2n) is 8.16. The number of aromatic nitrogens is 3. The molecule has 192 valence electrons. The molecule has 8 nitrogen and oxygen atoms in total. The Balaban J connectivity index is 1.61. The number of nitrogens with one attached hydrogen (secondary N) is 1. The van der Waals surface area contributed by atoms with Crippen LogP contribution >= 0.6 is 0 Å². The van der Waals surface area contributed by atoms with E-state index in [2.05, 4.69) is 25.2 Å². The molecule has 4 rings (SSSR count). The fourth-order valence-corrected chi connectivity index (χ4v) is 4.19. The van der Waals surface area contributed by atoms with Gasteiger partial charge in [-0.2, -0.15) is 22.0 Å². The van der Waals surface area contributed by atoms with Crippen LogP contribution in [0.1, 0.15) is 18.4 Å². The van der Waals surface area contributed by atoms with Crippen molar-refractivity contribution in [1.82, 2.24) is 20.1 Å². The quantitative estimate of drug-likeness (QED) is 0.335. The Kier molecular flexibility index (Phi) is 7.89. The number of likely N-dealkylation sites (tertiary alicyclic amines) is 1. The molecule has 36 heavy (non-hydrogen) atoms. The van der Waals surface area contributed by atoms with Gasteiger partial charge >= 0.3 is 12.8 Å². The van der Waals surface area contributed by atoms with Gasteiger partial charge in [-0.05, 0) is 43.7 Å². The third-order valence-corrected chi connectivity index (χ3v) is 5.82. The molecule has 3 heterocycles. The minimum Gasteiger partial charge on any atom is -0.428 e. The van der Waals surface area contributed by atoms with Crippen molar-refractivity contribution in [2.45, 2.75) is 31.7 Å². The van der Waals surface area contributed by atoms with Gasteiger partial charge in [0, 0.05) is 47.9 Å². The summed E-state index contributed by atoms with van der Waals surface area (Å²) in [5.74, 6) is 0.115. The molecular weight excluding hydrogens is 489 g/mol. The number of piperidine rings is 1. The molecule has 1 N–H and O–H groups in total. The molecule has 0 radical (unpaired) electrons. The smallest absolute Gasteiger partial charge is 0.416 e. The van der Waals surface area contributed by atoms with Crippen LogP contribution in [0.4, 0.5) is 27.8 Å². The number of benzene rings is 1. The minimum absolute atomic E-state index is 0.0473. The van der Waals surface area contributed by atoms with Crippen molar-refractivity contribution < 1.29 is 36.2 Å². The van der Waals surface area contributed by atoms with E-state index in [9.17, 15) is 26.7 Å². The zero-order valence-electron chi connectivity index (χ0n) is 18.8. The number of halogens is 5. The van der Waals surface area contributed by atoms with Crippen molar-refractivity contribution in [1.29, 1.82) is 0 Å². The molecule has 3 aromatic rings. The molecule has 0 unspecified atom stereocenters. The maximum absolute atomic E-state index is 13.2. The molecule has 1 aliphatic rings. The zero-order valence-corrected chi connectivity index (χ0v) is 18.8. The number of alkyl halides is 5. The van der Waals surface area contributed by atoms with E-state index in [1.165, 1.54) is 12.3 Å². The van der Waals surface area contributed by atoms with E-state index in [4.69, 9.17) is 4.74 Å². The number of carbonyl (C=O) groups is 1. The fourth-order valence-electron chi connectivity index (χ4n) is 4.19. The molecule has 0 aliphatic carbocycles. The lowest BCUT2D eigenvalue weighted by Crippen LogP contribution is -2.43. The van der Waals surface area contributed by atoms with Crippen LogP contribution < -0.4 is 10.1 Å². The summed E-state index contributed by atoms with van der Waals surface area (Å²) in [4.78, 5) is 17.1. The van der Waals surface area contributed by atoms with Crippen molar-refractivity contribution in [3.8, 4) is 17.0 Å². The van der Waals surface area contributed by atoms with Gasteiger partial charge in [-0.25, -0.2) is 0 Å². The summed E-state index contributed by atoms with van der Waals surface area (Å²) in [5.41, 5.74) is -0.590. The number of hydrogen-bond donors (Lipinski definition) is 1. The maximum atomic E-state index is 13.2. The molecule has 1 aliphatic heterocycles. The first kappa shape index (κ1) is 25.6. The number of ether oxygens (including phenoxy) is 2. The van der Waals surface area contributed by atoms with E-state index < -0.39 is 18.4 Å². The summed E-state index contributed by atoms with van der Waals surface area (Å²) in [6, 6.07) is 4.39. The molecule has 1 atom stereocenters. The summed E-state index contributed by atoms with van der Waals surface area (Å²) in [7, 11) is 0. The van der Waals surface area contributed by atoms with Crippen molar-refractivity contribution in [3.63, 3.8) is 0 Å². The fraction of sp³-hybridized carbons (Fsp3) is 0.391. The highest BCUT2D eigenvalue weighted by Crippen LogP contribution is 2.39. The monoisotopic (exact) mass is 511 g/mol. The molecule has 13 heteroatoms. The molecule has 1 fully saturated rings. The highest BCUT2D eigenvalue weighted by atomic mass is 19.4. The number of anilines is 1. The van der Waals surface area contributed by atoms with Gasteiger partial charge < -0.3 is 14.8 Å². The first-order valence-electron chi connectivity index (χ1n) is 11.1. The Morgan fingerprint density at radius 3 is 2.78 bits per heavy atom. The van der Waals surface area contributed by atoms with E-state index in [-0.39, 0.29) is 36.1 Å². The Morgan fingerprint density at radius 1 is 1.19 bits per heavy atom. The number of nitrogens with zero attached hydrogens (tertiary/aromatic N) is 4. The van der Waals surface area contributed by atoms with Gasteiger partial charge in [0.2, 0.25) is 0 Å². The average Bonchev–Trinajstić information content (AvgIpc) is 2.84. The van der Waals surface area contributed by atoms with E-state index in [1.807, 2.05) is 4.90 Å². The second-order valence-corrected chi connectivity index (χ2v) is 8.16. The first-order valence-corrected chi connectivity index (χ1v) is 11.1. The standard InChI is InChI=1S/C23H22F5N5O3/c24-22(25)35-9-8-33-7-1-2-15(12-33)30-21-18-11-29-6-5-16(18)20(31-32-21)17-4-3-14(23(26,27)28)10-19(17)36-13-34/h3-6,10-11,13,15,22H,1-2,7-9,12H2,(H,30,32)/t15-/m1/s1. The van der Waals surface area contributed by atoms with Crippen LogP contribution in [0.25, 0.3) is 22.0 Å². The van der Waals surface area contributed by atoms with Crippen molar-refractivity contribution in [3.05, 3.63) is 42.2 Å². The molecule has 0 saturated carbocycles. The predicted molar refractivity (Wildman–Crippen MR) is 120 cm³/mol.